The average Bonchev–Trinajstić information content (AvgIpc) is 3.08. The molecule has 0 bridgehead atoms. The fraction of sp³-hybridized carbons (Fsp3) is 0.500. The zero-order valence-corrected chi connectivity index (χ0v) is 15.5. The van der Waals surface area contributed by atoms with Gasteiger partial charge in [-0.2, -0.15) is 0 Å². The van der Waals surface area contributed by atoms with Gasteiger partial charge in [0, 0.05) is 57.6 Å². The summed E-state index contributed by atoms with van der Waals surface area (Å²) in [5.74, 6) is 0.286. The number of carbonyl (C=O) groups excluding carboxylic acids is 1. The van der Waals surface area contributed by atoms with Crippen LogP contribution in [0.4, 0.5) is 4.39 Å². The second-order valence-electron chi connectivity index (χ2n) is 7.31. The number of hydrogen-bond donors (Lipinski definition) is 0. The molecule has 1 aromatic carbocycles. The second-order valence-corrected chi connectivity index (χ2v) is 7.31. The fourth-order valence-corrected chi connectivity index (χ4v) is 3.48. The van der Waals surface area contributed by atoms with Crippen molar-refractivity contribution in [3.05, 3.63) is 54.4 Å². The quantitative estimate of drug-likeness (QED) is 0.797. The molecule has 26 heavy (non-hydrogen) atoms. The Labute approximate surface area is 154 Å². The number of carbonyl (C=O) groups is 1. The lowest BCUT2D eigenvalue weighted by Crippen LogP contribution is -2.46. The molecule has 6 heteroatoms. The molecule has 0 spiro atoms. The summed E-state index contributed by atoms with van der Waals surface area (Å²) in [4.78, 5) is 21.2. The topological polar surface area (TPSA) is 41.4 Å². The summed E-state index contributed by atoms with van der Waals surface area (Å²) < 4.78 is 15.2. The van der Waals surface area contributed by atoms with E-state index in [9.17, 15) is 9.18 Å². The average molecular weight is 358 g/mol. The number of amides is 1. The molecule has 2 aromatic rings. The second kappa shape index (κ2) is 8.45. The third kappa shape index (κ3) is 4.69. The first-order chi connectivity index (χ1) is 12.5. The lowest BCUT2D eigenvalue weighted by molar-refractivity contribution is -0.134. The monoisotopic (exact) mass is 358 g/mol. The van der Waals surface area contributed by atoms with Gasteiger partial charge in [0.25, 0.3) is 0 Å². The van der Waals surface area contributed by atoms with Crippen LogP contribution in [0.3, 0.4) is 0 Å². The maximum absolute atomic E-state index is 13.2. The van der Waals surface area contributed by atoms with Crippen molar-refractivity contribution in [2.75, 3.05) is 19.6 Å². The summed E-state index contributed by atoms with van der Waals surface area (Å²) in [6, 6.07) is 6.60. The van der Waals surface area contributed by atoms with Crippen molar-refractivity contribution in [2.45, 2.75) is 39.4 Å². The Morgan fingerprint density at radius 3 is 2.65 bits per heavy atom. The van der Waals surface area contributed by atoms with Crippen molar-refractivity contribution < 1.29 is 9.18 Å². The van der Waals surface area contributed by atoms with Gasteiger partial charge in [-0.25, -0.2) is 9.37 Å². The number of hydrogen-bond acceptors (Lipinski definition) is 3. The van der Waals surface area contributed by atoms with Crippen LogP contribution in [0.15, 0.2) is 43.0 Å². The van der Waals surface area contributed by atoms with Gasteiger partial charge < -0.3 is 9.47 Å². The fourth-order valence-electron chi connectivity index (χ4n) is 3.48. The van der Waals surface area contributed by atoms with Crippen molar-refractivity contribution >= 4 is 5.91 Å². The van der Waals surface area contributed by atoms with Crippen LogP contribution < -0.4 is 0 Å². The molecule has 1 aromatic heterocycles. The van der Waals surface area contributed by atoms with Gasteiger partial charge in [-0.15, -0.1) is 0 Å². The molecule has 0 N–H and O–H groups in total. The highest BCUT2D eigenvalue weighted by Gasteiger charge is 2.31. The molecule has 0 radical (unpaired) electrons. The summed E-state index contributed by atoms with van der Waals surface area (Å²) in [5.41, 5.74) is 0.970. The van der Waals surface area contributed by atoms with Crippen LogP contribution in [0.1, 0.15) is 25.8 Å². The summed E-state index contributed by atoms with van der Waals surface area (Å²) in [6.45, 7) is 8.27. The highest BCUT2D eigenvalue weighted by Crippen LogP contribution is 2.21. The molecule has 1 fully saturated rings. The lowest BCUT2D eigenvalue weighted by Gasteiger charge is -2.35. The maximum atomic E-state index is 13.2. The van der Waals surface area contributed by atoms with Crippen molar-refractivity contribution in [1.82, 2.24) is 19.4 Å². The molecule has 1 aliphatic rings. The van der Waals surface area contributed by atoms with E-state index in [1.54, 1.807) is 18.3 Å². The minimum atomic E-state index is -0.248. The van der Waals surface area contributed by atoms with E-state index in [0.29, 0.717) is 18.9 Å². The Morgan fingerprint density at radius 2 is 2.00 bits per heavy atom. The molecule has 0 saturated carbocycles. The van der Waals surface area contributed by atoms with E-state index >= 15 is 0 Å². The Balaban J connectivity index is 1.69. The van der Waals surface area contributed by atoms with Gasteiger partial charge in [0.1, 0.15) is 5.82 Å². The molecule has 5 nitrogen and oxygen atoms in total. The van der Waals surface area contributed by atoms with Crippen LogP contribution in [0.25, 0.3) is 0 Å². The van der Waals surface area contributed by atoms with E-state index in [1.807, 2.05) is 17.4 Å². The van der Waals surface area contributed by atoms with E-state index < -0.39 is 0 Å². The van der Waals surface area contributed by atoms with E-state index in [4.69, 9.17) is 0 Å². The molecule has 0 aliphatic carbocycles. The van der Waals surface area contributed by atoms with Crippen LogP contribution in [0, 0.1) is 11.7 Å². The third-order valence-electron chi connectivity index (χ3n) is 5.08. The smallest absolute Gasteiger partial charge is 0.224 e. The number of nitrogens with zero attached hydrogens (tertiary/aromatic N) is 4. The van der Waals surface area contributed by atoms with Gasteiger partial charge in [-0.05, 0) is 23.6 Å². The highest BCUT2D eigenvalue weighted by molar-refractivity contribution is 5.77. The first-order valence-corrected chi connectivity index (χ1v) is 9.25. The Kier molecular flexibility index (Phi) is 6.04. The largest absolute Gasteiger partial charge is 0.336 e. The van der Waals surface area contributed by atoms with Crippen LogP contribution >= 0.6 is 0 Å². The summed E-state index contributed by atoms with van der Waals surface area (Å²) >= 11 is 0. The highest BCUT2D eigenvalue weighted by atomic mass is 19.1. The van der Waals surface area contributed by atoms with Gasteiger partial charge in [0.15, 0.2) is 0 Å². The maximum Gasteiger partial charge on any atom is 0.224 e. The van der Waals surface area contributed by atoms with Crippen LogP contribution in [-0.2, 0) is 17.9 Å². The van der Waals surface area contributed by atoms with E-state index in [0.717, 1.165) is 31.7 Å². The van der Waals surface area contributed by atoms with Gasteiger partial charge in [0.05, 0.1) is 6.33 Å². The molecule has 1 aliphatic heterocycles. The Bertz CT molecular complexity index is 699. The zero-order chi connectivity index (χ0) is 18.5. The minimum absolute atomic E-state index is 0.151. The number of rotatable bonds is 6. The van der Waals surface area contributed by atoms with Crippen LogP contribution in [0.5, 0.6) is 0 Å². The molecule has 2 heterocycles. The molecule has 0 unspecified atom stereocenters. The van der Waals surface area contributed by atoms with E-state index in [-0.39, 0.29) is 17.8 Å². The summed E-state index contributed by atoms with van der Waals surface area (Å²) in [7, 11) is 0. The molecule has 1 amide bonds. The normalized spacial score (nSPS) is 19.2. The SMILES string of the molecule is CC(C)[C@H]1CN(CCn2ccnc2)CCC(=O)N1Cc1ccc(F)cc1. The number of benzene rings is 1. The summed E-state index contributed by atoms with van der Waals surface area (Å²) in [5, 5.41) is 0. The number of imidazole rings is 1. The predicted octanol–water partition coefficient (Wildman–Crippen LogP) is 2.78. The van der Waals surface area contributed by atoms with Crippen LogP contribution in [0.2, 0.25) is 0 Å². The van der Waals surface area contributed by atoms with E-state index in [2.05, 4.69) is 28.3 Å². The minimum Gasteiger partial charge on any atom is -0.336 e. The molecule has 1 atom stereocenters. The Hall–Kier alpha value is -2.21. The van der Waals surface area contributed by atoms with Gasteiger partial charge in [-0.1, -0.05) is 26.0 Å². The third-order valence-corrected chi connectivity index (χ3v) is 5.08. The van der Waals surface area contributed by atoms with Crippen LogP contribution in [-0.4, -0.2) is 50.9 Å². The molecule has 140 valence electrons. The zero-order valence-electron chi connectivity index (χ0n) is 15.5. The predicted molar refractivity (Wildman–Crippen MR) is 98.9 cm³/mol. The van der Waals surface area contributed by atoms with Crippen molar-refractivity contribution in [1.29, 1.82) is 0 Å². The lowest BCUT2D eigenvalue weighted by atomic mass is 10.0. The van der Waals surface area contributed by atoms with Gasteiger partial charge in [0.2, 0.25) is 5.91 Å². The van der Waals surface area contributed by atoms with Crippen molar-refractivity contribution in [3.63, 3.8) is 0 Å². The number of halogens is 1. The van der Waals surface area contributed by atoms with Crippen molar-refractivity contribution in [2.24, 2.45) is 5.92 Å². The standard InChI is InChI=1S/C20H27FN4O/c1-16(2)19-14-23(11-12-24-10-8-22-15-24)9-7-20(26)25(19)13-17-3-5-18(21)6-4-17/h3-6,8,10,15-16,19H,7,9,11-14H2,1-2H3/t19-/m1/s1. The van der Waals surface area contributed by atoms with Gasteiger partial charge in [-0.3, -0.25) is 9.69 Å². The summed E-state index contributed by atoms with van der Waals surface area (Å²) in [6.07, 6.45) is 6.09. The first-order valence-electron chi connectivity index (χ1n) is 9.25. The Morgan fingerprint density at radius 1 is 1.23 bits per heavy atom. The van der Waals surface area contributed by atoms with E-state index in [1.165, 1.54) is 12.1 Å². The number of aromatic nitrogens is 2. The first kappa shape index (κ1) is 18.6. The molecular weight excluding hydrogens is 331 g/mol. The molecule has 1 saturated heterocycles. The van der Waals surface area contributed by atoms with Crippen molar-refractivity contribution in [3.8, 4) is 0 Å². The molecular formula is C20H27FN4O. The molecule has 3 rings (SSSR count). The van der Waals surface area contributed by atoms with Gasteiger partial charge >= 0.3 is 0 Å².